The Balaban J connectivity index is 1.91. The predicted octanol–water partition coefficient (Wildman–Crippen LogP) is 5.30. The van der Waals surface area contributed by atoms with E-state index in [-0.39, 0.29) is 0 Å². The zero-order chi connectivity index (χ0) is 13.1. The molecule has 1 fully saturated rings. The second kappa shape index (κ2) is 10.8. The van der Waals surface area contributed by atoms with Gasteiger partial charge in [0, 0.05) is 6.04 Å². The predicted molar refractivity (Wildman–Crippen MR) is 82.0 cm³/mol. The minimum absolute atomic E-state index is 0.811. The summed E-state index contributed by atoms with van der Waals surface area (Å²) in [5.74, 6) is 1.10. The number of nitrogens with one attached hydrogen (secondary N) is 1. The lowest BCUT2D eigenvalue weighted by atomic mass is 10.0. The molecule has 0 aromatic heterocycles. The molecule has 1 rings (SSSR count). The van der Waals surface area contributed by atoms with E-state index in [0.717, 1.165) is 18.5 Å². The van der Waals surface area contributed by atoms with Crippen LogP contribution in [0.2, 0.25) is 0 Å². The van der Waals surface area contributed by atoms with Crippen LogP contribution in [0, 0.1) is 5.92 Å². The summed E-state index contributed by atoms with van der Waals surface area (Å²) in [7, 11) is 0. The van der Waals surface area contributed by atoms with Crippen LogP contribution in [-0.4, -0.2) is 12.6 Å². The van der Waals surface area contributed by atoms with Crippen molar-refractivity contribution < 1.29 is 0 Å². The van der Waals surface area contributed by atoms with Crippen molar-refractivity contribution >= 4 is 0 Å². The highest BCUT2D eigenvalue weighted by Crippen LogP contribution is 2.34. The molecule has 18 heavy (non-hydrogen) atoms. The lowest BCUT2D eigenvalue weighted by Gasteiger charge is -2.17. The number of unbranched alkanes of at least 4 members (excludes halogenated alkanes) is 6. The highest BCUT2D eigenvalue weighted by atomic mass is 14.9. The van der Waals surface area contributed by atoms with Crippen LogP contribution in [0.5, 0.6) is 0 Å². The first-order valence-corrected chi connectivity index (χ1v) is 8.60. The average molecular weight is 253 g/mol. The quantitative estimate of drug-likeness (QED) is 0.439. The Hall–Kier alpha value is -0.0400. The number of hydrogen-bond acceptors (Lipinski definition) is 1. The molecule has 0 aliphatic heterocycles. The van der Waals surface area contributed by atoms with E-state index in [4.69, 9.17) is 0 Å². The van der Waals surface area contributed by atoms with E-state index >= 15 is 0 Å². The van der Waals surface area contributed by atoms with Crippen molar-refractivity contribution in [1.29, 1.82) is 0 Å². The van der Waals surface area contributed by atoms with Crippen LogP contribution < -0.4 is 5.32 Å². The molecule has 1 N–H and O–H groups in total. The summed E-state index contributed by atoms with van der Waals surface area (Å²) in [6.45, 7) is 5.68. The van der Waals surface area contributed by atoms with E-state index in [9.17, 15) is 0 Å². The minimum atomic E-state index is 0.811. The molecule has 0 amide bonds. The standard InChI is InChI=1S/C17H35N/c1-3-5-6-7-8-9-10-11-17(18-4-2)15-14-16-12-13-16/h16-18H,3-15H2,1-2H3. The first-order valence-electron chi connectivity index (χ1n) is 8.60. The van der Waals surface area contributed by atoms with Crippen LogP contribution in [0.25, 0.3) is 0 Å². The van der Waals surface area contributed by atoms with Crippen molar-refractivity contribution in [1.82, 2.24) is 5.32 Å². The summed E-state index contributed by atoms with van der Waals surface area (Å²) in [4.78, 5) is 0. The topological polar surface area (TPSA) is 12.0 Å². The highest BCUT2D eigenvalue weighted by Gasteiger charge is 2.22. The van der Waals surface area contributed by atoms with Gasteiger partial charge in [-0.25, -0.2) is 0 Å². The second-order valence-electron chi connectivity index (χ2n) is 6.19. The maximum Gasteiger partial charge on any atom is 0.00670 e. The van der Waals surface area contributed by atoms with Crippen LogP contribution >= 0.6 is 0 Å². The van der Waals surface area contributed by atoms with Gasteiger partial charge in [0.1, 0.15) is 0 Å². The molecular weight excluding hydrogens is 218 g/mol. The van der Waals surface area contributed by atoms with Gasteiger partial charge >= 0.3 is 0 Å². The molecule has 108 valence electrons. The fourth-order valence-electron chi connectivity index (χ4n) is 2.83. The van der Waals surface area contributed by atoms with Crippen LogP contribution in [-0.2, 0) is 0 Å². The maximum absolute atomic E-state index is 3.68. The molecule has 0 bridgehead atoms. The molecule has 1 atom stereocenters. The van der Waals surface area contributed by atoms with Crippen LogP contribution in [0.1, 0.15) is 90.9 Å². The smallest absolute Gasteiger partial charge is 0.00670 e. The van der Waals surface area contributed by atoms with Crippen molar-refractivity contribution in [3.8, 4) is 0 Å². The summed E-state index contributed by atoms with van der Waals surface area (Å²) < 4.78 is 0. The molecule has 0 aromatic carbocycles. The highest BCUT2D eigenvalue weighted by molar-refractivity contribution is 4.76. The SMILES string of the molecule is CCCCCCCCCC(CCC1CC1)NCC. The largest absolute Gasteiger partial charge is 0.314 e. The van der Waals surface area contributed by atoms with Gasteiger partial charge in [-0.05, 0) is 31.7 Å². The molecule has 0 radical (unpaired) electrons. The summed E-state index contributed by atoms with van der Waals surface area (Å²) in [5, 5.41) is 3.68. The summed E-state index contributed by atoms with van der Waals surface area (Å²) >= 11 is 0. The molecule has 0 spiro atoms. The molecule has 1 heteroatoms. The summed E-state index contributed by atoms with van der Waals surface area (Å²) in [5.41, 5.74) is 0. The maximum atomic E-state index is 3.68. The van der Waals surface area contributed by atoms with Gasteiger partial charge in [-0.2, -0.15) is 0 Å². The molecular formula is C17H35N. The van der Waals surface area contributed by atoms with E-state index in [0.29, 0.717) is 0 Å². The fraction of sp³-hybridized carbons (Fsp3) is 1.00. The average Bonchev–Trinajstić information content (AvgIpc) is 3.18. The van der Waals surface area contributed by atoms with Gasteiger partial charge in [-0.1, -0.05) is 71.6 Å². The van der Waals surface area contributed by atoms with E-state index in [2.05, 4.69) is 19.2 Å². The minimum Gasteiger partial charge on any atom is -0.314 e. The Labute approximate surface area is 115 Å². The molecule has 1 aliphatic rings. The number of hydrogen-bond donors (Lipinski definition) is 1. The first-order chi connectivity index (χ1) is 8.86. The van der Waals surface area contributed by atoms with Gasteiger partial charge in [0.15, 0.2) is 0 Å². The van der Waals surface area contributed by atoms with Gasteiger partial charge in [0.05, 0.1) is 0 Å². The lowest BCUT2D eigenvalue weighted by molar-refractivity contribution is 0.420. The zero-order valence-corrected chi connectivity index (χ0v) is 12.8. The Morgan fingerprint density at radius 1 is 0.889 bits per heavy atom. The molecule has 0 heterocycles. The lowest BCUT2D eigenvalue weighted by Crippen LogP contribution is -2.28. The first kappa shape index (κ1) is 16.0. The molecule has 1 unspecified atom stereocenters. The second-order valence-corrected chi connectivity index (χ2v) is 6.19. The van der Waals surface area contributed by atoms with E-state index < -0.39 is 0 Å². The fourth-order valence-corrected chi connectivity index (χ4v) is 2.83. The van der Waals surface area contributed by atoms with Crippen LogP contribution in [0.15, 0.2) is 0 Å². The normalized spacial score (nSPS) is 17.0. The van der Waals surface area contributed by atoms with E-state index in [1.54, 1.807) is 0 Å². The Bertz CT molecular complexity index is 174. The van der Waals surface area contributed by atoms with Gasteiger partial charge in [-0.15, -0.1) is 0 Å². The molecule has 0 saturated heterocycles. The Kier molecular flexibility index (Phi) is 9.65. The third-order valence-electron chi connectivity index (χ3n) is 4.27. The Morgan fingerprint density at radius 3 is 2.17 bits per heavy atom. The van der Waals surface area contributed by atoms with Crippen LogP contribution in [0.3, 0.4) is 0 Å². The zero-order valence-electron chi connectivity index (χ0n) is 12.8. The number of rotatable bonds is 13. The monoisotopic (exact) mass is 253 g/mol. The summed E-state index contributed by atoms with van der Waals surface area (Å²) in [6.07, 6.45) is 17.4. The van der Waals surface area contributed by atoms with E-state index in [1.165, 1.54) is 77.0 Å². The van der Waals surface area contributed by atoms with Crippen LogP contribution in [0.4, 0.5) is 0 Å². The van der Waals surface area contributed by atoms with Gasteiger partial charge in [-0.3, -0.25) is 0 Å². The Morgan fingerprint density at radius 2 is 1.56 bits per heavy atom. The molecule has 0 aromatic rings. The summed E-state index contributed by atoms with van der Waals surface area (Å²) in [6, 6.07) is 0.811. The molecule has 1 saturated carbocycles. The molecule has 1 nitrogen and oxygen atoms in total. The van der Waals surface area contributed by atoms with Crippen molar-refractivity contribution in [2.45, 2.75) is 96.9 Å². The third kappa shape index (κ3) is 8.97. The van der Waals surface area contributed by atoms with Gasteiger partial charge in [0.2, 0.25) is 0 Å². The van der Waals surface area contributed by atoms with Crippen molar-refractivity contribution in [3.05, 3.63) is 0 Å². The van der Waals surface area contributed by atoms with Crippen molar-refractivity contribution in [2.24, 2.45) is 5.92 Å². The van der Waals surface area contributed by atoms with E-state index in [1.807, 2.05) is 0 Å². The van der Waals surface area contributed by atoms with Gasteiger partial charge in [0.25, 0.3) is 0 Å². The third-order valence-corrected chi connectivity index (χ3v) is 4.27. The van der Waals surface area contributed by atoms with Crippen molar-refractivity contribution in [2.75, 3.05) is 6.54 Å². The van der Waals surface area contributed by atoms with Gasteiger partial charge < -0.3 is 5.32 Å². The molecule has 1 aliphatic carbocycles. The van der Waals surface area contributed by atoms with Crippen molar-refractivity contribution in [3.63, 3.8) is 0 Å².